The van der Waals surface area contributed by atoms with Crippen molar-refractivity contribution in [2.24, 2.45) is 0 Å². The molecule has 2 N–H and O–H groups in total. The Morgan fingerprint density at radius 2 is 1.80 bits per heavy atom. The summed E-state index contributed by atoms with van der Waals surface area (Å²) < 4.78 is 4.90. The first-order chi connectivity index (χ1) is 9.54. The molecular formula is C16H26N2O2. The van der Waals surface area contributed by atoms with Gasteiger partial charge in [-0.3, -0.25) is 4.79 Å². The van der Waals surface area contributed by atoms with Crippen LogP contribution in [-0.4, -0.2) is 39.3 Å². The zero-order valence-corrected chi connectivity index (χ0v) is 13.0. The summed E-state index contributed by atoms with van der Waals surface area (Å²) in [4.78, 5) is 11.6. The van der Waals surface area contributed by atoms with Gasteiger partial charge in [0.1, 0.15) is 0 Å². The molecule has 112 valence electrons. The first kappa shape index (κ1) is 16.7. The van der Waals surface area contributed by atoms with Crippen LogP contribution >= 0.6 is 0 Å². The quantitative estimate of drug-likeness (QED) is 0.709. The summed E-state index contributed by atoms with van der Waals surface area (Å²) >= 11 is 0. The number of nitrogens with one attached hydrogen (secondary N) is 2. The van der Waals surface area contributed by atoms with Gasteiger partial charge in [-0.25, -0.2) is 0 Å². The summed E-state index contributed by atoms with van der Waals surface area (Å²) in [6.45, 7) is 8.70. The van der Waals surface area contributed by atoms with E-state index in [1.807, 2.05) is 0 Å². The molecule has 0 unspecified atom stereocenters. The Hall–Kier alpha value is -1.39. The number of hydrogen-bond donors (Lipinski definition) is 2. The molecule has 0 fully saturated rings. The summed E-state index contributed by atoms with van der Waals surface area (Å²) in [6, 6.07) is 4.38. The molecule has 0 aromatic heterocycles. The van der Waals surface area contributed by atoms with Crippen LogP contribution in [0.2, 0.25) is 0 Å². The van der Waals surface area contributed by atoms with Crippen LogP contribution in [0, 0.1) is 20.8 Å². The fourth-order valence-corrected chi connectivity index (χ4v) is 2.37. The van der Waals surface area contributed by atoms with Crippen LogP contribution in [0.1, 0.15) is 22.3 Å². The zero-order valence-electron chi connectivity index (χ0n) is 13.0. The molecule has 4 nitrogen and oxygen atoms in total. The monoisotopic (exact) mass is 278 g/mol. The van der Waals surface area contributed by atoms with E-state index in [9.17, 15) is 4.79 Å². The van der Waals surface area contributed by atoms with Crippen LogP contribution < -0.4 is 10.6 Å². The first-order valence-electron chi connectivity index (χ1n) is 7.07. The van der Waals surface area contributed by atoms with E-state index in [1.165, 1.54) is 22.3 Å². The Bertz CT molecular complexity index is 421. The number of ether oxygens (including phenoxy) is 1. The molecule has 0 aliphatic heterocycles. The Labute approximate surface area is 121 Å². The molecule has 20 heavy (non-hydrogen) atoms. The lowest BCUT2D eigenvalue weighted by Crippen LogP contribution is -2.36. The van der Waals surface area contributed by atoms with E-state index in [-0.39, 0.29) is 5.91 Å². The summed E-state index contributed by atoms with van der Waals surface area (Å²) in [7, 11) is 1.65. The van der Waals surface area contributed by atoms with Gasteiger partial charge in [0.2, 0.25) is 5.91 Å². The van der Waals surface area contributed by atoms with Gasteiger partial charge in [0.25, 0.3) is 0 Å². The van der Waals surface area contributed by atoms with Gasteiger partial charge in [-0.05, 0) is 43.9 Å². The van der Waals surface area contributed by atoms with Crippen molar-refractivity contribution in [1.29, 1.82) is 0 Å². The number of benzene rings is 1. The maximum absolute atomic E-state index is 11.6. The van der Waals surface area contributed by atoms with Crippen LogP contribution in [0.5, 0.6) is 0 Å². The second-order valence-electron chi connectivity index (χ2n) is 5.15. The van der Waals surface area contributed by atoms with Gasteiger partial charge in [-0.2, -0.15) is 0 Å². The smallest absolute Gasteiger partial charge is 0.233 e. The van der Waals surface area contributed by atoms with Gasteiger partial charge in [0.05, 0.1) is 13.2 Å². The topological polar surface area (TPSA) is 50.4 Å². The minimum absolute atomic E-state index is 0.0310. The molecule has 0 bridgehead atoms. The molecule has 0 aliphatic rings. The van der Waals surface area contributed by atoms with Gasteiger partial charge >= 0.3 is 0 Å². The SMILES string of the molecule is COCCNCC(=O)NCCc1c(C)cc(C)cc1C. The van der Waals surface area contributed by atoms with Crippen molar-refractivity contribution in [2.75, 3.05) is 33.4 Å². The highest BCUT2D eigenvalue weighted by Gasteiger charge is 2.05. The Balaban J connectivity index is 2.32. The fraction of sp³-hybridized carbons (Fsp3) is 0.562. The van der Waals surface area contributed by atoms with Crippen molar-refractivity contribution in [2.45, 2.75) is 27.2 Å². The molecule has 0 aliphatic carbocycles. The summed E-state index contributed by atoms with van der Waals surface area (Å²) in [5.41, 5.74) is 5.23. The lowest BCUT2D eigenvalue weighted by atomic mass is 9.97. The average Bonchev–Trinajstić information content (AvgIpc) is 2.37. The molecular weight excluding hydrogens is 252 g/mol. The van der Waals surface area contributed by atoms with Crippen LogP contribution in [0.4, 0.5) is 0 Å². The highest BCUT2D eigenvalue weighted by molar-refractivity contribution is 5.77. The zero-order chi connectivity index (χ0) is 15.0. The van der Waals surface area contributed by atoms with Gasteiger partial charge in [0, 0.05) is 20.2 Å². The lowest BCUT2D eigenvalue weighted by Gasteiger charge is -2.12. The van der Waals surface area contributed by atoms with Crippen LogP contribution in [-0.2, 0) is 16.0 Å². The number of aryl methyl sites for hydroxylation is 3. The van der Waals surface area contributed by atoms with Gasteiger partial charge in [0.15, 0.2) is 0 Å². The van der Waals surface area contributed by atoms with E-state index in [1.54, 1.807) is 7.11 Å². The molecule has 1 amide bonds. The molecule has 0 saturated heterocycles. The van der Waals surface area contributed by atoms with E-state index in [2.05, 4.69) is 43.5 Å². The summed E-state index contributed by atoms with van der Waals surface area (Å²) in [5, 5.41) is 5.96. The fourth-order valence-electron chi connectivity index (χ4n) is 2.37. The van der Waals surface area contributed by atoms with E-state index < -0.39 is 0 Å². The van der Waals surface area contributed by atoms with Crippen LogP contribution in [0.3, 0.4) is 0 Å². The second-order valence-corrected chi connectivity index (χ2v) is 5.15. The van der Waals surface area contributed by atoms with E-state index >= 15 is 0 Å². The Morgan fingerprint density at radius 3 is 2.40 bits per heavy atom. The molecule has 1 aromatic carbocycles. The minimum Gasteiger partial charge on any atom is -0.383 e. The van der Waals surface area contributed by atoms with E-state index in [0.29, 0.717) is 26.2 Å². The van der Waals surface area contributed by atoms with Gasteiger partial charge in [-0.15, -0.1) is 0 Å². The number of carbonyl (C=O) groups excluding carboxylic acids is 1. The third-order valence-electron chi connectivity index (χ3n) is 3.31. The highest BCUT2D eigenvalue weighted by Crippen LogP contribution is 2.16. The predicted octanol–water partition coefficient (Wildman–Crippen LogP) is 1.51. The summed E-state index contributed by atoms with van der Waals surface area (Å²) in [6.07, 6.45) is 0.877. The first-order valence-corrected chi connectivity index (χ1v) is 7.07. The molecule has 1 aromatic rings. The van der Waals surface area contributed by atoms with Gasteiger partial charge in [-0.1, -0.05) is 17.7 Å². The number of amides is 1. The Morgan fingerprint density at radius 1 is 1.15 bits per heavy atom. The molecule has 4 heteroatoms. The normalized spacial score (nSPS) is 10.6. The molecule has 0 spiro atoms. The van der Waals surface area contributed by atoms with E-state index in [0.717, 1.165) is 6.42 Å². The van der Waals surface area contributed by atoms with Crippen LogP contribution in [0.15, 0.2) is 12.1 Å². The molecule has 0 saturated carbocycles. The van der Waals surface area contributed by atoms with Crippen molar-refractivity contribution < 1.29 is 9.53 Å². The van der Waals surface area contributed by atoms with Crippen molar-refractivity contribution in [3.8, 4) is 0 Å². The van der Waals surface area contributed by atoms with E-state index in [4.69, 9.17) is 4.74 Å². The maximum Gasteiger partial charge on any atom is 0.233 e. The number of methoxy groups -OCH3 is 1. The molecule has 0 heterocycles. The number of rotatable bonds is 8. The van der Waals surface area contributed by atoms with Crippen molar-refractivity contribution >= 4 is 5.91 Å². The molecule has 0 radical (unpaired) electrons. The Kier molecular flexibility index (Phi) is 7.26. The number of hydrogen-bond acceptors (Lipinski definition) is 3. The average molecular weight is 278 g/mol. The maximum atomic E-state index is 11.6. The summed E-state index contributed by atoms with van der Waals surface area (Å²) in [5.74, 6) is 0.0310. The lowest BCUT2D eigenvalue weighted by molar-refractivity contribution is -0.120. The van der Waals surface area contributed by atoms with Crippen LogP contribution in [0.25, 0.3) is 0 Å². The van der Waals surface area contributed by atoms with Gasteiger partial charge < -0.3 is 15.4 Å². The molecule has 0 atom stereocenters. The van der Waals surface area contributed by atoms with Crippen molar-refractivity contribution in [3.05, 3.63) is 34.4 Å². The second kappa shape index (κ2) is 8.72. The third-order valence-corrected chi connectivity index (χ3v) is 3.31. The standard InChI is InChI=1S/C16H26N2O2/c1-12-9-13(2)15(14(3)10-12)5-6-18-16(19)11-17-7-8-20-4/h9-10,17H,5-8,11H2,1-4H3,(H,18,19). The van der Waals surface area contributed by atoms with Crippen molar-refractivity contribution in [1.82, 2.24) is 10.6 Å². The van der Waals surface area contributed by atoms with Crippen molar-refractivity contribution in [3.63, 3.8) is 0 Å². The molecule has 1 rings (SSSR count). The third kappa shape index (κ3) is 5.72. The minimum atomic E-state index is 0.0310. The largest absolute Gasteiger partial charge is 0.383 e. The number of carbonyl (C=O) groups is 1. The predicted molar refractivity (Wildman–Crippen MR) is 82.1 cm³/mol. The highest BCUT2D eigenvalue weighted by atomic mass is 16.5.